The fourth-order valence-electron chi connectivity index (χ4n) is 1.94. The first kappa shape index (κ1) is 15.6. The van der Waals surface area contributed by atoms with Gasteiger partial charge in [-0.15, -0.1) is 0 Å². The lowest BCUT2D eigenvalue weighted by atomic mass is 10.0. The molecule has 19 heavy (non-hydrogen) atoms. The molecular formula is C15H25N3O. The Bertz CT molecular complexity index is 378. The van der Waals surface area contributed by atoms with Crippen LogP contribution in [0.15, 0.2) is 24.4 Å². The lowest BCUT2D eigenvalue weighted by molar-refractivity contribution is -0.125. The number of aromatic nitrogens is 1. The minimum Gasteiger partial charge on any atom is -0.348 e. The van der Waals surface area contributed by atoms with Crippen molar-refractivity contribution in [3.05, 3.63) is 30.1 Å². The fraction of sp³-hybridized carbons (Fsp3) is 0.600. The number of nitrogens with one attached hydrogen (secondary N) is 1. The Morgan fingerprint density at radius 2 is 2.05 bits per heavy atom. The maximum atomic E-state index is 12.0. The average molecular weight is 263 g/mol. The third-order valence-corrected chi connectivity index (χ3v) is 3.23. The van der Waals surface area contributed by atoms with E-state index in [9.17, 15) is 4.79 Å². The number of carbonyl (C=O) groups is 1. The molecule has 4 nitrogen and oxygen atoms in total. The van der Waals surface area contributed by atoms with E-state index in [2.05, 4.69) is 10.3 Å². The van der Waals surface area contributed by atoms with Crippen molar-refractivity contribution < 1.29 is 4.79 Å². The number of nitrogens with zero attached hydrogens (tertiary/aromatic N) is 1. The first-order chi connectivity index (χ1) is 9.00. The minimum atomic E-state index is -0.0513. The Morgan fingerprint density at radius 1 is 1.32 bits per heavy atom. The number of hydrogen-bond acceptors (Lipinski definition) is 3. The number of rotatable bonds is 7. The first-order valence-electron chi connectivity index (χ1n) is 6.97. The first-order valence-corrected chi connectivity index (χ1v) is 6.97. The van der Waals surface area contributed by atoms with E-state index in [0.29, 0.717) is 0 Å². The molecular weight excluding hydrogens is 238 g/mol. The molecule has 3 N–H and O–H groups in total. The largest absolute Gasteiger partial charge is 0.348 e. The molecule has 0 fully saturated rings. The standard InChI is InChI=1S/C15H25N3O/c1-11(7-6-8-12(2)16)15(19)18-13(3)14-9-4-5-10-17-14/h4-5,9-13H,6-8,16H2,1-3H3,(H,18,19)/t11?,12?,13-/m1/s1. The Morgan fingerprint density at radius 3 is 2.63 bits per heavy atom. The zero-order valence-electron chi connectivity index (χ0n) is 12.1. The van der Waals surface area contributed by atoms with Crippen molar-refractivity contribution >= 4 is 5.91 Å². The van der Waals surface area contributed by atoms with Crippen molar-refractivity contribution in [1.29, 1.82) is 0 Å². The van der Waals surface area contributed by atoms with Crippen molar-refractivity contribution in [3.8, 4) is 0 Å². The maximum absolute atomic E-state index is 12.0. The van der Waals surface area contributed by atoms with Gasteiger partial charge in [0.15, 0.2) is 0 Å². The molecule has 106 valence electrons. The molecule has 0 radical (unpaired) electrons. The predicted octanol–water partition coefficient (Wildman–Crippen LogP) is 2.41. The molecule has 1 aromatic rings. The molecule has 0 aliphatic rings. The summed E-state index contributed by atoms with van der Waals surface area (Å²) in [5.74, 6) is 0.104. The van der Waals surface area contributed by atoms with E-state index in [-0.39, 0.29) is 23.9 Å². The van der Waals surface area contributed by atoms with Crippen LogP contribution in [0.25, 0.3) is 0 Å². The molecule has 1 rings (SSSR count). The van der Waals surface area contributed by atoms with Gasteiger partial charge in [0.05, 0.1) is 11.7 Å². The molecule has 1 aromatic heterocycles. The summed E-state index contributed by atoms with van der Waals surface area (Å²) in [5.41, 5.74) is 6.59. The molecule has 3 atom stereocenters. The highest BCUT2D eigenvalue weighted by atomic mass is 16.1. The van der Waals surface area contributed by atoms with E-state index in [1.54, 1.807) is 6.20 Å². The molecule has 1 amide bonds. The van der Waals surface area contributed by atoms with E-state index in [1.807, 2.05) is 39.0 Å². The molecule has 2 unspecified atom stereocenters. The molecule has 0 aromatic carbocycles. The normalized spacial score (nSPS) is 15.6. The van der Waals surface area contributed by atoms with E-state index in [1.165, 1.54) is 0 Å². The summed E-state index contributed by atoms with van der Waals surface area (Å²) in [7, 11) is 0. The third-order valence-electron chi connectivity index (χ3n) is 3.23. The van der Waals surface area contributed by atoms with E-state index < -0.39 is 0 Å². The van der Waals surface area contributed by atoms with Gasteiger partial charge in [-0.25, -0.2) is 0 Å². The predicted molar refractivity (Wildman–Crippen MR) is 77.5 cm³/mol. The smallest absolute Gasteiger partial charge is 0.223 e. The molecule has 0 saturated carbocycles. The lowest BCUT2D eigenvalue weighted by Gasteiger charge is -2.17. The van der Waals surface area contributed by atoms with Crippen LogP contribution in [-0.2, 0) is 4.79 Å². The fourth-order valence-corrected chi connectivity index (χ4v) is 1.94. The molecule has 0 spiro atoms. The molecule has 0 saturated heterocycles. The third kappa shape index (κ3) is 5.83. The highest BCUT2D eigenvalue weighted by Crippen LogP contribution is 2.13. The zero-order valence-corrected chi connectivity index (χ0v) is 12.1. The van der Waals surface area contributed by atoms with Crippen LogP contribution >= 0.6 is 0 Å². The SMILES string of the molecule is CC(N)CCCC(C)C(=O)N[C@H](C)c1ccccn1. The second-order valence-electron chi connectivity index (χ2n) is 5.29. The van der Waals surface area contributed by atoms with Crippen LogP contribution in [-0.4, -0.2) is 16.9 Å². The second-order valence-corrected chi connectivity index (χ2v) is 5.29. The summed E-state index contributed by atoms with van der Waals surface area (Å²) in [6.45, 7) is 5.91. The monoisotopic (exact) mass is 263 g/mol. The topological polar surface area (TPSA) is 68.0 Å². The molecule has 0 aliphatic heterocycles. The number of amides is 1. The van der Waals surface area contributed by atoms with Gasteiger partial charge < -0.3 is 11.1 Å². The second kappa shape index (κ2) is 7.89. The van der Waals surface area contributed by atoms with Crippen LogP contribution in [0.4, 0.5) is 0 Å². The Labute approximate surface area is 115 Å². The van der Waals surface area contributed by atoms with Gasteiger partial charge in [-0.3, -0.25) is 9.78 Å². The molecule has 1 heterocycles. The van der Waals surface area contributed by atoms with Crippen LogP contribution in [0.3, 0.4) is 0 Å². The summed E-state index contributed by atoms with van der Waals surface area (Å²) >= 11 is 0. The van der Waals surface area contributed by atoms with E-state index in [4.69, 9.17) is 5.73 Å². The summed E-state index contributed by atoms with van der Waals surface area (Å²) < 4.78 is 0. The van der Waals surface area contributed by atoms with Crippen molar-refractivity contribution in [3.63, 3.8) is 0 Å². The van der Waals surface area contributed by atoms with E-state index in [0.717, 1.165) is 25.0 Å². The number of pyridine rings is 1. The maximum Gasteiger partial charge on any atom is 0.223 e. The highest BCUT2D eigenvalue weighted by Gasteiger charge is 2.16. The summed E-state index contributed by atoms with van der Waals surface area (Å²) in [6, 6.07) is 5.88. The number of hydrogen-bond donors (Lipinski definition) is 2. The Hall–Kier alpha value is -1.42. The number of nitrogens with two attached hydrogens (primary N) is 1. The minimum absolute atomic E-state index is 0.0184. The Balaban J connectivity index is 2.37. The summed E-state index contributed by atoms with van der Waals surface area (Å²) in [4.78, 5) is 16.3. The van der Waals surface area contributed by atoms with Crippen molar-refractivity contribution in [2.45, 2.75) is 52.1 Å². The van der Waals surface area contributed by atoms with Gasteiger partial charge in [0.1, 0.15) is 0 Å². The van der Waals surface area contributed by atoms with Crippen molar-refractivity contribution in [1.82, 2.24) is 10.3 Å². The summed E-state index contributed by atoms with van der Waals surface area (Å²) in [6.07, 6.45) is 4.57. The van der Waals surface area contributed by atoms with Gasteiger partial charge >= 0.3 is 0 Å². The highest BCUT2D eigenvalue weighted by molar-refractivity contribution is 5.78. The van der Waals surface area contributed by atoms with E-state index >= 15 is 0 Å². The van der Waals surface area contributed by atoms with Gasteiger partial charge in [-0.1, -0.05) is 19.4 Å². The number of carbonyl (C=O) groups excluding carboxylic acids is 1. The van der Waals surface area contributed by atoms with Gasteiger partial charge in [-0.05, 0) is 38.8 Å². The quantitative estimate of drug-likeness (QED) is 0.793. The zero-order chi connectivity index (χ0) is 14.3. The lowest BCUT2D eigenvalue weighted by Crippen LogP contribution is -2.32. The van der Waals surface area contributed by atoms with Gasteiger partial charge in [0.25, 0.3) is 0 Å². The van der Waals surface area contributed by atoms with Gasteiger partial charge in [0, 0.05) is 18.2 Å². The van der Waals surface area contributed by atoms with Crippen molar-refractivity contribution in [2.75, 3.05) is 0 Å². The van der Waals surface area contributed by atoms with Crippen LogP contribution < -0.4 is 11.1 Å². The molecule has 0 bridgehead atoms. The Kier molecular flexibility index (Phi) is 6.50. The summed E-state index contributed by atoms with van der Waals surface area (Å²) in [5, 5.41) is 3.00. The average Bonchev–Trinajstić information content (AvgIpc) is 2.39. The van der Waals surface area contributed by atoms with Crippen molar-refractivity contribution in [2.24, 2.45) is 11.7 Å². The van der Waals surface area contributed by atoms with Crippen LogP contribution in [0.2, 0.25) is 0 Å². The van der Waals surface area contributed by atoms with Gasteiger partial charge in [-0.2, -0.15) is 0 Å². The van der Waals surface area contributed by atoms with Crippen LogP contribution in [0.5, 0.6) is 0 Å². The molecule has 4 heteroatoms. The van der Waals surface area contributed by atoms with Crippen LogP contribution in [0.1, 0.15) is 51.8 Å². The van der Waals surface area contributed by atoms with Crippen LogP contribution in [0, 0.1) is 5.92 Å². The molecule has 0 aliphatic carbocycles. The van der Waals surface area contributed by atoms with Gasteiger partial charge in [0.2, 0.25) is 5.91 Å².